The molecule has 4 aromatic rings. The van der Waals surface area contributed by atoms with Crippen LogP contribution >= 0.6 is 0 Å². The highest BCUT2D eigenvalue weighted by molar-refractivity contribution is 5.96. The Morgan fingerprint density at radius 3 is 2.45 bits per heavy atom. The van der Waals surface area contributed by atoms with Crippen LogP contribution in [0.15, 0.2) is 54.6 Å². The second-order valence-electron chi connectivity index (χ2n) is 9.86. The van der Waals surface area contributed by atoms with E-state index in [1.807, 2.05) is 42.5 Å². The highest BCUT2D eigenvalue weighted by Crippen LogP contribution is 2.36. The van der Waals surface area contributed by atoms with E-state index in [2.05, 4.69) is 22.6 Å². The van der Waals surface area contributed by atoms with Gasteiger partial charge in [0.2, 0.25) is 0 Å². The second-order valence-corrected chi connectivity index (χ2v) is 9.86. The Hall–Kier alpha value is -3.66. The third kappa shape index (κ3) is 5.60. The number of hydrogen-bond donors (Lipinski definition) is 2. The molecular weight excluding hydrogens is 493 g/mol. The van der Waals surface area contributed by atoms with Crippen LogP contribution in [0.1, 0.15) is 18.4 Å². The van der Waals surface area contributed by atoms with Gasteiger partial charge in [-0.25, -0.2) is 4.68 Å². The monoisotopic (exact) mass is 526 g/mol. The normalized spacial score (nSPS) is 15.2. The Kier molecular flexibility index (Phi) is 7.25. The molecule has 0 radical (unpaired) electrons. The number of methoxy groups -OCH3 is 1. The van der Waals surface area contributed by atoms with Crippen LogP contribution in [0.5, 0.6) is 5.75 Å². The number of alkyl halides is 3. The summed E-state index contributed by atoms with van der Waals surface area (Å²) in [5.41, 5.74) is 3.29. The fourth-order valence-electron chi connectivity index (χ4n) is 5.11. The van der Waals surface area contributed by atoms with E-state index in [0.29, 0.717) is 29.3 Å². The average Bonchev–Trinajstić information content (AvgIpc) is 3.46. The molecular formula is C28H33F3N6O. The summed E-state index contributed by atoms with van der Waals surface area (Å²) in [6, 6.07) is 17.1. The Labute approximate surface area is 220 Å². The van der Waals surface area contributed by atoms with Gasteiger partial charge in [0.25, 0.3) is 0 Å². The van der Waals surface area contributed by atoms with Gasteiger partial charge in [-0.1, -0.05) is 18.2 Å². The van der Waals surface area contributed by atoms with Crippen molar-refractivity contribution in [2.75, 3.05) is 44.9 Å². The second kappa shape index (κ2) is 10.6. The van der Waals surface area contributed by atoms with Crippen molar-refractivity contribution >= 4 is 22.4 Å². The van der Waals surface area contributed by atoms with Gasteiger partial charge in [-0.05, 0) is 68.9 Å². The summed E-state index contributed by atoms with van der Waals surface area (Å²) in [6.45, 7) is 1.35. The lowest BCUT2D eigenvalue weighted by Gasteiger charge is -2.30. The maximum atomic E-state index is 13.8. The molecule has 5 rings (SSSR count). The molecule has 7 nitrogen and oxygen atoms in total. The molecule has 202 valence electrons. The lowest BCUT2D eigenvalue weighted by atomic mass is 10.0. The number of fused-ring (bicyclic) bond motifs is 1. The van der Waals surface area contributed by atoms with Gasteiger partial charge in [0.05, 0.1) is 24.9 Å². The molecule has 1 aliphatic heterocycles. The van der Waals surface area contributed by atoms with Crippen LogP contribution in [0, 0.1) is 0 Å². The van der Waals surface area contributed by atoms with Gasteiger partial charge in [0.1, 0.15) is 23.8 Å². The van der Waals surface area contributed by atoms with Gasteiger partial charge in [-0.15, -0.1) is 0 Å². The van der Waals surface area contributed by atoms with Gasteiger partial charge >= 0.3 is 6.18 Å². The van der Waals surface area contributed by atoms with Crippen molar-refractivity contribution in [1.29, 1.82) is 0 Å². The molecule has 0 spiro atoms. The van der Waals surface area contributed by atoms with Gasteiger partial charge < -0.3 is 24.8 Å². The summed E-state index contributed by atoms with van der Waals surface area (Å²) in [5, 5.41) is 12.2. The molecule has 10 heteroatoms. The summed E-state index contributed by atoms with van der Waals surface area (Å²) in [5.74, 6) is 1.47. The molecule has 38 heavy (non-hydrogen) atoms. The van der Waals surface area contributed by atoms with Crippen molar-refractivity contribution in [3.63, 3.8) is 0 Å². The zero-order valence-corrected chi connectivity index (χ0v) is 21.8. The zero-order chi connectivity index (χ0) is 26.9. The van der Waals surface area contributed by atoms with Crippen LogP contribution in [0.25, 0.3) is 22.3 Å². The molecule has 1 aliphatic rings. The first-order valence-corrected chi connectivity index (χ1v) is 12.8. The number of piperidine rings is 1. The van der Waals surface area contributed by atoms with Crippen molar-refractivity contribution in [1.82, 2.24) is 19.2 Å². The fraction of sp³-hybridized carbons (Fsp3) is 0.393. The molecule has 0 unspecified atom stereocenters. The Morgan fingerprint density at radius 2 is 1.79 bits per heavy atom. The third-order valence-electron chi connectivity index (χ3n) is 7.15. The van der Waals surface area contributed by atoms with E-state index in [9.17, 15) is 13.2 Å². The number of benzene rings is 2. The standard InChI is InChI=1S/C28H33F3N6O/c1-32-27-16-24(34-37(27)17-19-7-9-21(38-3)10-8-19)26-15-22-23(33-20-11-13-35(2)14-12-20)5-4-6-25(22)36(26)18-28(29,30)31/h4-10,15-16,20,32-33H,11-14,17-18H2,1-3H3. The van der Waals surface area contributed by atoms with Gasteiger partial charge in [-0.2, -0.15) is 18.3 Å². The minimum absolute atomic E-state index is 0.283. The number of likely N-dealkylation sites (tertiary alicyclic amines) is 1. The van der Waals surface area contributed by atoms with Gasteiger partial charge in [0, 0.05) is 30.2 Å². The molecule has 0 aliphatic carbocycles. The van der Waals surface area contributed by atoms with Crippen molar-refractivity contribution in [3.8, 4) is 17.1 Å². The number of rotatable bonds is 8. The minimum Gasteiger partial charge on any atom is -0.497 e. The molecule has 3 heterocycles. The summed E-state index contributed by atoms with van der Waals surface area (Å²) >= 11 is 0. The maximum absolute atomic E-state index is 13.8. The van der Waals surface area contributed by atoms with E-state index in [0.717, 1.165) is 48.3 Å². The van der Waals surface area contributed by atoms with Crippen molar-refractivity contribution in [2.45, 2.75) is 38.1 Å². The molecule has 1 fully saturated rings. The zero-order valence-electron chi connectivity index (χ0n) is 21.8. The number of nitrogens with one attached hydrogen (secondary N) is 2. The van der Waals surface area contributed by atoms with Gasteiger partial charge in [-0.3, -0.25) is 0 Å². The first-order valence-electron chi connectivity index (χ1n) is 12.8. The number of hydrogen-bond acceptors (Lipinski definition) is 5. The number of ether oxygens (including phenoxy) is 1. The molecule has 0 bridgehead atoms. The predicted octanol–water partition coefficient (Wildman–Crippen LogP) is 5.67. The van der Waals surface area contributed by atoms with E-state index in [1.54, 1.807) is 31.0 Å². The van der Waals surface area contributed by atoms with Crippen molar-refractivity contribution in [2.24, 2.45) is 0 Å². The number of halogens is 3. The molecule has 0 saturated carbocycles. The molecule has 0 amide bonds. The Bertz CT molecular complexity index is 1380. The highest BCUT2D eigenvalue weighted by Gasteiger charge is 2.31. The van der Waals surface area contributed by atoms with E-state index >= 15 is 0 Å². The topological polar surface area (TPSA) is 59.3 Å². The smallest absolute Gasteiger partial charge is 0.406 e. The first-order chi connectivity index (χ1) is 18.2. The van der Waals surface area contributed by atoms with E-state index in [-0.39, 0.29) is 6.04 Å². The van der Waals surface area contributed by atoms with Crippen molar-refractivity contribution in [3.05, 3.63) is 60.2 Å². The molecule has 2 aromatic heterocycles. The van der Waals surface area contributed by atoms with Crippen LogP contribution < -0.4 is 15.4 Å². The maximum Gasteiger partial charge on any atom is 0.406 e. The SMILES string of the molecule is CNc1cc(-c2cc3c(NC4CCN(C)CC4)cccc3n2CC(F)(F)F)nn1Cc1ccc(OC)cc1. The molecule has 2 N–H and O–H groups in total. The fourth-order valence-corrected chi connectivity index (χ4v) is 5.11. The molecule has 0 atom stereocenters. The number of aromatic nitrogens is 3. The van der Waals surface area contributed by atoms with E-state index < -0.39 is 12.7 Å². The van der Waals surface area contributed by atoms with Crippen molar-refractivity contribution < 1.29 is 17.9 Å². The van der Waals surface area contributed by atoms with E-state index in [1.165, 1.54) is 4.57 Å². The number of anilines is 2. The van der Waals surface area contributed by atoms with Crippen LogP contribution in [0.4, 0.5) is 24.7 Å². The summed E-state index contributed by atoms with van der Waals surface area (Å²) in [7, 11) is 5.50. The lowest BCUT2D eigenvalue weighted by Crippen LogP contribution is -2.36. The number of nitrogens with zero attached hydrogens (tertiary/aromatic N) is 4. The summed E-state index contributed by atoms with van der Waals surface area (Å²) in [4.78, 5) is 2.29. The van der Waals surface area contributed by atoms with Crippen LogP contribution in [-0.2, 0) is 13.1 Å². The Balaban J connectivity index is 1.53. The summed E-state index contributed by atoms with van der Waals surface area (Å²) in [6.07, 6.45) is -2.40. The minimum atomic E-state index is -4.38. The molecule has 1 saturated heterocycles. The van der Waals surface area contributed by atoms with E-state index in [4.69, 9.17) is 9.84 Å². The van der Waals surface area contributed by atoms with Crippen LogP contribution in [0.3, 0.4) is 0 Å². The van der Waals surface area contributed by atoms with Gasteiger partial charge in [0.15, 0.2) is 0 Å². The predicted molar refractivity (Wildman–Crippen MR) is 145 cm³/mol. The first kappa shape index (κ1) is 26.0. The lowest BCUT2D eigenvalue weighted by molar-refractivity contribution is -0.139. The average molecular weight is 527 g/mol. The quantitative estimate of drug-likeness (QED) is 0.310. The summed E-state index contributed by atoms with van der Waals surface area (Å²) < 4.78 is 49.6. The van der Waals surface area contributed by atoms with Crippen LogP contribution in [-0.4, -0.2) is 65.8 Å². The third-order valence-corrected chi connectivity index (χ3v) is 7.15. The Morgan fingerprint density at radius 1 is 1.05 bits per heavy atom. The molecule has 2 aromatic carbocycles. The van der Waals surface area contributed by atoms with Crippen LogP contribution in [0.2, 0.25) is 0 Å². The highest BCUT2D eigenvalue weighted by atomic mass is 19.4. The largest absolute Gasteiger partial charge is 0.497 e.